The second-order valence-electron chi connectivity index (χ2n) is 9.56. The van der Waals surface area contributed by atoms with Gasteiger partial charge in [-0.1, -0.05) is 24.3 Å². The van der Waals surface area contributed by atoms with E-state index in [1.807, 2.05) is 60.4 Å². The summed E-state index contributed by atoms with van der Waals surface area (Å²) in [7, 11) is 6.92. The molecule has 0 bridgehead atoms. The third-order valence-corrected chi connectivity index (χ3v) is 6.56. The number of aromatic nitrogens is 4. The molecule has 39 heavy (non-hydrogen) atoms. The molecule has 2 aromatic carbocycles. The fraction of sp³-hybridized carbons (Fsp3) is 0.200. The van der Waals surface area contributed by atoms with Crippen molar-refractivity contribution in [1.82, 2.24) is 24.4 Å². The lowest BCUT2D eigenvalue weighted by atomic mass is 9.99. The number of ether oxygens (including phenoxy) is 1. The lowest BCUT2D eigenvalue weighted by Crippen LogP contribution is -2.24. The van der Waals surface area contributed by atoms with E-state index in [0.29, 0.717) is 17.7 Å². The molecule has 0 aliphatic rings. The number of aromatic amines is 1. The Morgan fingerprint density at radius 2 is 1.87 bits per heavy atom. The highest BCUT2D eigenvalue weighted by Crippen LogP contribution is 2.36. The first-order valence-corrected chi connectivity index (χ1v) is 12.6. The van der Waals surface area contributed by atoms with Gasteiger partial charge in [0, 0.05) is 68.2 Å². The average Bonchev–Trinajstić information content (AvgIpc) is 3.57. The van der Waals surface area contributed by atoms with Crippen molar-refractivity contribution in [3.05, 3.63) is 84.7 Å². The molecule has 0 aliphatic carbocycles. The summed E-state index contributed by atoms with van der Waals surface area (Å²) in [6, 6.07) is 15.3. The largest absolute Gasteiger partial charge is 0.496 e. The molecule has 0 spiro atoms. The molecule has 198 valence electrons. The molecular formula is C30H30N6O3. The first-order chi connectivity index (χ1) is 18.8. The van der Waals surface area contributed by atoms with Gasteiger partial charge in [-0.25, -0.2) is 9.97 Å². The van der Waals surface area contributed by atoms with Gasteiger partial charge in [0.1, 0.15) is 11.4 Å². The van der Waals surface area contributed by atoms with Crippen LogP contribution in [0.2, 0.25) is 0 Å². The maximum atomic E-state index is 13.1. The first-order valence-electron chi connectivity index (χ1n) is 12.6. The normalized spacial score (nSPS) is 11.0. The number of anilines is 1. The molecule has 0 aliphatic heterocycles. The van der Waals surface area contributed by atoms with Crippen LogP contribution >= 0.6 is 0 Å². The highest BCUT2D eigenvalue weighted by molar-refractivity contribution is 6.05. The molecule has 5 aromatic rings. The Labute approximate surface area is 226 Å². The number of carbonyl (C=O) groups is 2. The molecule has 2 amide bonds. The summed E-state index contributed by atoms with van der Waals surface area (Å²) < 4.78 is 7.42. The van der Waals surface area contributed by atoms with E-state index in [1.165, 1.54) is 4.90 Å². The molecule has 9 heteroatoms. The molecular weight excluding hydrogens is 492 g/mol. The van der Waals surface area contributed by atoms with Crippen LogP contribution in [0.1, 0.15) is 22.5 Å². The van der Waals surface area contributed by atoms with Crippen LogP contribution < -0.4 is 10.1 Å². The summed E-state index contributed by atoms with van der Waals surface area (Å²) in [4.78, 5) is 39.5. The number of fused-ring (bicyclic) bond motifs is 1. The van der Waals surface area contributed by atoms with Crippen LogP contribution in [-0.2, 0) is 18.3 Å². The maximum Gasteiger partial charge on any atom is 0.255 e. The van der Waals surface area contributed by atoms with Crippen LogP contribution in [0.4, 0.5) is 5.69 Å². The number of aryl methyl sites for hydroxylation is 2. The van der Waals surface area contributed by atoms with Gasteiger partial charge in [-0.05, 0) is 36.2 Å². The van der Waals surface area contributed by atoms with Crippen molar-refractivity contribution in [3.8, 4) is 28.0 Å². The lowest BCUT2D eigenvalue weighted by Gasteiger charge is -2.16. The zero-order valence-electron chi connectivity index (χ0n) is 22.4. The summed E-state index contributed by atoms with van der Waals surface area (Å²) >= 11 is 0. The third kappa shape index (κ3) is 5.38. The predicted octanol–water partition coefficient (Wildman–Crippen LogP) is 4.91. The minimum atomic E-state index is -0.206. The number of pyridine rings is 1. The van der Waals surface area contributed by atoms with Crippen molar-refractivity contribution < 1.29 is 14.3 Å². The Morgan fingerprint density at radius 1 is 1.05 bits per heavy atom. The molecule has 2 N–H and O–H groups in total. The number of nitrogens with one attached hydrogen (secondary N) is 2. The van der Waals surface area contributed by atoms with E-state index in [-0.39, 0.29) is 18.2 Å². The van der Waals surface area contributed by atoms with Gasteiger partial charge in [-0.3, -0.25) is 9.59 Å². The zero-order chi connectivity index (χ0) is 27.5. The SMILES string of the molecule is COc1ccccc1-c1c[nH]c2ncc(-c3ccc(NC(=O)CCc4cn(C)cn4)c(C(=O)N(C)C)c3)cc12. The van der Waals surface area contributed by atoms with Crippen LogP contribution in [-0.4, -0.2) is 57.4 Å². The smallest absolute Gasteiger partial charge is 0.255 e. The number of para-hydroxylation sites is 1. The van der Waals surface area contributed by atoms with Crippen molar-refractivity contribution in [2.24, 2.45) is 7.05 Å². The number of carbonyl (C=O) groups excluding carboxylic acids is 2. The number of imidazole rings is 1. The van der Waals surface area contributed by atoms with E-state index >= 15 is 0 Å². The Bertz CT molecular complexity index is 1670. The van der Waals surface area contributed by atoms with Crippen molar-refractivity contribution in [3.63, 3.8) is 0 Å². The van der Waals surface area contributed by atoms with Gasteiger partial charge in [0.2, 0.25) is 5.91 Å². The lowest BCUT2D eigenvalue weighted by molar-refractivity contribution is -0.116. The number of rotatable bonds is 8. The summed E-state index contributed by atoms with van der Waals surface area (Å²) in [5.74, 6) is 0.381. The van der Waals surface area contributed by atoms with Crippen molar-refractivity contribution >= 4 is 28.5 Å². The number of benzene rings is 2. The summed E-state index contributed by atoms with van der Waals surface area (Å²) in [6.07, 6.45) is 8.06. The van der Waals surface area contributed by atoms with E-state index in [1.54, 1.807) is 45.9 Å². The Balaban J connectivity index is 1.47. The molecule has 0 saturated carbocycles. The van der Waals surface area contributed by atoms with E-state index in [4.69, 9.17) is 4.74 Å². The highest BCUT2D eigenvalue weighted by atomic mass is 16.5. The zero-order valence-corrected chi connectivity index (χ0v) is 22.4. The summed E-state index contributed by atoms with van der Waals surface area (Å²) in [6.45, 7) is 0. The molecule has 5 rings (SSSR count). The number of hydrogen-bond donors (Lipinski definition) is 2. The predicted molar refractivity (Wildman–Crippen MR) is 152 cm³/mol. The first kappa shape index (κ1) is 25.7. The monoisotopic (exact) mass is 522 g/mol. The standard InChI is InChI=1S/C30H30N6O3/c1-35(2)30(38)24-13-19(9-11-26(24)34-28(37)12-10-21-17-36(3)18-33-21)20-14-23-25(16-32-29(23)31-15-20)22-7-5-6-8-27(22)39-4/h5-9,11,13-18H,10,12H2,1-4H3,(H,31,32)(H,34,37). The number of hydrogen-bond acceptors (Lipinski definition) is 5. The van der Waals surface area contributed by atoms with E-state index in [9.17, 15) is 9.59 Å². The third-order valence-electron chi connectivity index (χ3n) is 6.56. The van der Waals surface area contributed by atoms with Gasteiger partial charge in [0.15, 0.2) is 0 Å². The van der Waals surface area contributed by atoms with E-state index in [0.717, 1.165) is 44.7 Å². The molecule has 0 saturated heterocycles. The molecule has 3 aromatic heterocycles. The fourth-order valence-electron chi connectivity index (χ4n) is 4.55. The van der Waals surface area contributed by atoms with Gasteiger partial charge in [0.25, 0.3) is 5.91 Å². The van der Waals surface area contributed by atoms with E-state index in [2.05, 4.69) is 20.3 Å². The minimum absolute atomic E-state index is 0.182. The minimum Gasteiger partial charge on any atom is -0.496 e. The van der Waals surface area contributed by atoms with Crippen LogP contribution in [0.15, 0.2) is 73.4 Å². The van der Waals surface area contributed by atoms with Crippen LogP contribution in [0.3, 0.4) is 0 Å². The molecule has 0 fully saturated rings. The Morgan fingerprint density at radius 3 is 2.62 bits per heavy atom. The van der Waals surface area contributed by atoms with E-state index < -0.39 is 0 Å². The van der Waals surface area contributed by atoms with Gasteiger partial charge in [-0.15, -0.1) is 0 Å². The molecule has 0 radical (unpaired) electrons. The van der Waals surface area contributed by atoms with Crippen molar-refractivity contribution in [2.45, 2.75) is 12.8 Å². The number of methoxy groups -OCH3 is 1. The highest BCUT2D eigenvalue weighted by Gasteiger charge is 2.18. The number of nitrogens with zero attached hydrogens (tertiary/aromatic N) is 4. The molecule has 3 heterocycles. The van der Waals surface area contributed by atoms with Gasteiger partial charge in [-0.2, -0.15) is 0 Å². The van der Waals surface area contributed by atoms with Crippen LogP contribution in [0.5, 0.6) is 5.75 Å². The fourth-order valence-corrected chi connectivity index (χ4v) is 4.55. The molecule has 0 atom stereocenters. The van der Waals surface area contributed by atoms with Gasteiger partial charge in [0.05, 0.1) is 30.4 Å². The summed E-state index contributed by atoms with van der Waals surface area (Å²) in [5, 5.41) is 3.85. The molecule has 0 unspecified atom stereocenters. The second-order valence-corrected chi connectivity index (χ2v) is 9.56. The van der Waals surface area contributed by atoms with Crippen molar-refractivity contribution in [2.75, 3.05) is 26.5 Å². The Hall–Kier alpha value is -4.92. The van der Waals surface area contributed by atoms with Gasteiger partial charge < -0.3 is 24.5 Å². The van der Waals surface area contributed by atoms with Crippen LogP contribution in [0, 0.1) is 0 Å². The second kappa shape index (κ2) is 10.8. The number of H-pyrrole nitrogens is 1. The van der Waals surface area contributed by atoms with Crippen LogP contribution in [0.25, 0.3) is 33.3 Å². The summed E-state index contributed by atoms with van der Waals surface area (Å²) in [5.41, 5.74) is 6.05. The quantitative estimate of drug-likeness (QED) is 0.301. The average molecular weight is 523 g/mol. The topological polar surface area (TPSA) is 105 Å². The molecule has 9 nitrogen and oxygen atoms in total. The Kier molecular flexibility index (Phi) is 7.14. The maximum absolute atomic E-state index is 13.1. The van der Waals surface area contributed by atoms with Gasteiger partial charge >= 0.3 is 0 Å². The number of amides is 2. The van der Waals surface area contributed by atoms with Crippen molar-refractivity contribution in [1.29, 1.82) is 0 Å².